The number of rotatable bonds is 5. The largest absolute Gasteiger partial charge is 0.417 e. The fourth-order valence-corrected chi connectivity index (χ4v) is 8.88. The van der Waals surface area contributed by atoms with Crippen molar-refractivity contribution in [2.45, 2.75) is 77.8 Å². The second-order valence-electron chi connectivity index (χ2n) is 11.9. The van der Waals surface area contributed by atoms with Gasteiger partial charge in [-0.15, -0.1) is 0 Å². The van der Waals surface area contributed by atoms with Crippen LogP contribution in [-0.4, -0.2) is 39.1 Å². The molecular formula is C30H33Cl3F6N4O6S2. The first-order valence-electron chi connectivity index (χ1n) is 14.5. The summed E-state index contributed by atoms with van der Waals surface area (Å²) in [5, 5.41) is 1.04. The number of nitrogens with two attached hydrogens (primary N) is 1. The minimum atomic E-state index is -4.66. The number of nitrogens with one attached hydrogen (secondary N) is 3. The van der Waals surface area contributed by atoms with Gasteiger partial charge in [0.1, 0.15) is 9.81 Å². The van der Waals surface area contributed by atoms with Crippen molar-refractivity contribution in [3.05, 3.63) is 80.1 Å². The Kier molecular flexibility index (Phi) is 13.6. The average molecular weight is 830 g/mol. The topological polar surface area (TPSA) is 165 Å². The van der Waals surface area contributed by atoms with E-state index in [9.17, 15) is 52.8 Å². The maximum absolute atomic E-state index is 12.8. The van der Waals surface area contributed by atoms with E-state index in [1.165, 1.54) is 13.8 Å². The van der Waals surface area contributed by atoms with Gasteiger partial charge in [0.05, 0.1) is 37.9 Å². The number of hydrogen-bond donors (Lipinski definition) is 4. The van der Waals surface area contributed by atoms with E-state index in [1.807, 2.05) is 0 Å². The van der Waals surface area contributed by atoms with Gasteiger partial charge in [-0.05, 0) is 74.7 Å². The van der Waals surface area contributed by atoms with Crippen molar-refractivity contribution in [3.8, 4) is 0 Å². The van der Waals surface area contributed by atoms with Crippen LogP contribution in [0.3, 0.4) is 0 Å². The van der Waals surface area contributed by atoms with E-state index in [1.54, 1.807) is 27.7 Å². The molecule has 0 fully saturated rings. The number of carbonyl (C=O) groups is 2. The number of alkyl halides is 6. The monoisotopic (exact) mass is 828 g/mol. The van der Waals surface area contributed by atoms with Gasteiger partial charge < -0.3 is 11.1 Å². The van der Waals surface area contributed by atoms with Gasteiger partial charge in [-0.3, -0.25) is 9.59 Å². The van der Waals surface area contributed by atoms with Crippen LogP contribution in [0.4, 0.5) is 26.3 Å². The molecule has 0 atom stereocenters. The molecule has 0 radical (unpaired) electrons. The third kappa shape index (κ3) is 10.6. The van der Waals surface area contributed by atoms with Gasteiger partial charge in [0.15, 0.2) is 0 Å². The minimum Gasteiger partial charge on any atom is -0.399 e. The highest BCUT2D eigenvalue weighted by molar-refractivity contribution is 7.99. The van der Waals surface area contributed by atoms with Crippen molar-refractivity contribution in [1.82, 2.24) is 14.8 Å². The van der Waals surface area contributed by atoms with Crippen LogP contribution in [0.1, 0.15) is 76.6 Å². The van der Waals surface area contributed by atoms with Gasteiger partial charge in [-0.2, -0.15) is 35.8 Å². The zero-order valence-corrected chi connectivity index (χ0v) is 31.5. The summed E-state index contributed by atoms with van der Waals surface area (Å²) in [6, 6.07) is 5.38. The van der Waals surface area contributed by atoms with E-state index >= 15 is 0 Å². The summed E-state index contributed by atoms with van der Waals surface area (Å²) in [5.41, 5.74) is 1.64. The van der Waals surface area contributed by atoms with Gasteiger partial charge in [0, 0.05) is 18.5 Å². The molecule has 2 aromatic carbocycles. The Morgan fingerprint density at radius 2 is 1.12 bits per heavy atom. The molecule has 21 heteroatoms. The Bertz CT molecular complexity index is 2000. The van der Waals surface area contributed by atoms with Crippen LogP contribution in [0.15, 0.2) is 47.8 Å². The lowest BCUT2D eigenvalue weighted by Crippen LogP contribution is -2.43. The molecule has 5 N–H and O–H groups in total. The van der Waals surface area contributed by atoms with Gasteiger partial charge in [-0.25, -0.2) is 16.8 Å². The van der Waals surface area contributed by atoms with E-state index in [4.69, 9.17) is 40.5 Å². The average Bonchev–Trinajstić information content (AvgIpc) is 3.24. The molecule has 0 unspecified atom stereocenters. The number of benzene rings is 2. The zero-order chi connectivity index (χ0) is 39.7. The van der Waals surface area contributed by atoms with Crippen molar-refractivity contribution in [3.63, 3.8) is 0 Å². The second-order valence-corrected chi connectivity index (χ2v) is 16.4. The van der Waals surface area contributed by atoms with Crippen LogP contribution in [-0.2, 0) is 42.0 Å². The highest BCUT2D eigenvalue weighted by Crippen LogP contribution is 2.42. The third-order valence-corrected chi connectivity index (χ3v) is 11.4. The molecular weight excluding hydrogens is 797 g/mol. The standard InChI is InChI=1S/C15H16ClF3N2O3S.C12H12ClF3N2O2S.C3H5ClO/c1-4-11(22)20-13-12(25(23,24)21-14(13,2)3)8-5-6-9(10(16)7-8)15(17,18)19;1-11(2)10(17)9(21(19,20)18-11)6-3-4-7(8(13)5-6)12(14,15)16;1-2-3(4)5/h5-7,21H,4H2,1-3H3,(H,20,22);3-5,18H,17H2,1-2H3;2H2,1H3. The van der Waals surface area contributed by atoms with Crippen LogP contribution in [0.25, 0.3) is 9.81 Å². The van der Waals surface area contributed by atoms with E-state index in [-0.39, 0.29) is 44.0 Å². The lowest BCUT2D eigenvalue weighted by molar-refractivity contribution is -0.138. The number of halogens is 9. The summed E-state index contributed by atoms with van der Waals surface area (Å²) in [7, 11) is -7.94. The molecule has 0 saturated heterocycles. The van der Waals surface area contributed by atoms with Crippen LogP contribution < -0.4 is 20.5 Å². The maximum atomic E-state index is 12.8. The van der Waals surface area contributed by atoms with Crippen molar-refractivity contribution in [2.24, 2.45) is 5.73 Å². The number of hydrogen-bond acceptors (Lipinski definition) is 7. The summed E-state index contributed by atoms with van der Waals surface area (Å²) in [4.78, 5) is 20.8. The quantitative estimate of drug-likeness (QED) is 0.184. The summed E-state index contributed by atoms with van der Waals surface area (Å²) in [6.07, 6.45) is -8.72. The lowest BCUT2D eigenvalue weighted by atomic mass is 9.98. The van der Waals surface area contributed by atoms with Gasteiger partial charge >= 0.3 is 12.4 Å². The van der Waals surface area contributed by atoms with E-state index < -0.39 is 70.6 Å². The molecule has 0 spiro atoms. The number of amides is 1. The fourth-order valence-electron chi connectivity index (χ4n) is 4.55. The Labute approximate surface area is 305 Å². The molecule has 2 heterocycles. The molecule has 1 amide bonds. The molecule has 4 rings (SSSR count). The first-order valence-corrected chi connectivity index (χ1v) is 18.6. The Morgan fingerprint density at radius 3 is 1.43 bits per heavy atom. The molecule has 2 aliphatic rings. The predicted octanol–water partition coefficient (Wildman–Crippen LogP) is 7.12. The number of sulfonamides is 2. The van der Waals surface area contributed by atoms with Gasteiger partial charge in [-0.1, -0.05) is 49.2 Å². The van der Waals surface area contributed by atoms with Crippen molar-refractivity contribution in [2.75, 3.05) is 0 Å². The molecule has 284 valence electrons. The van der Waals surface area contributed by atoms with Crippen LogP contribution in [0, 0.1) is 0 Å². The van der Waals surface area contributed by atoms with E-state index in [2.05, 4.69) is 14.8 Å². The van der Waals surface area contributed by atoms with Crippen LogP contribution in [0.2, 0.25) is 10.0 Å². The zero-order valence-electron chi connectivity index (χ0n) is 27.6. The normalized spacial score (nSPS) is 18.7. The molecule has 2 aliphatic heterocycles. The van der Waals surface area contributed by atoms with Crippen LogP contribution in [0.5, 0.6) is 0 Å². The Hall–Kier alpha value is -2.87. The molecule has 0 bridgehead atoms. The van der Waals surface area contributed by atoms with E-state index in [0.717, 1.165) is 30.3 Å². The number of carbonyl (C=O) groups excluding carboxylic acids is 2. The summed E-state index contributed by atoms with van der Waals surface area (Å²) < 4.78 is 130. The molecule has 51 heavy (non-hydrogen) atoms. The SMILES string of the molecule is CC1(C)NS(=O)(=O)C(c2ccc(C(F)(F)F)c(Cl)c2)=C1N.CCC(=O)Cl.CCC(=O)NC1=C(c2ccc(C(F)(F)F)c(Cl)c2)S(=O)(=O)NC1(C)C. The smallest absolute Gasteiger partial charge is 0.399 e. The molecule has 0 saturated carbocycles. The second kappa shape index (κ2) is 15.6. The first kappa shape index (κ1) is 44.3. The highest BCUT2D eigenvalue weighted by atomic mass is 35.5. The Morgan fingerprint density at radius 1 is 0.745 bits per heavy atom. The van der Waals surface area contributed by atoms with Crippen LogP contribution >= 0.6 is 34.8 Å². The molecule has 0 aliphatic carbocycles. The van der Waals surface area contributed by atoms with Crippen molar-refractivity contribution in [1.29, 1.82) is 0 Å². The van der Waals surface area contributed by atoms with E-state index in [0.29, 0.717) is 12.5 Å². The van der Waals surface area contributed by atoms with Crippen molar-refractivity contribution < 1.29 is 52.8 Å². The summed E-state index contributed by atoms with van der Waals surface area (Å²) in [6.45, 7) is 9.49. The highest BCUT2D eigenvalue weighted by Gasteiger charge is 2.45. The van der Waals surface area contributed by atoms with Crippen molar-refractivity contribution >= 4 is 75.8 Å². The first-order chi connectivity index (χ1) is 22.9. The summed E-state index contributed by atoms with van der Waals surface area (Å²) >= 11 is 16.1. The molecule has 2 aromatic rings. The maximum Gasteiger partial charge on any atom is 0.417 e. The minimum absolute atomic E-state index is 0.0172. The lowest BCUT2D eigenvalue weighted by Gasteiger charge is -2.22. The predicted molar refractivity (Wildman–Crippen MR) is 183 cm³/mol. The third-order valence-electron chi connectivity index (χ3n) is 7.02. The molecule has 0 aromatic heterocycles. The van der Waals surface area contributed by atoms with Gasteiger partial charge in [0.25, 0.3) is 0 Å². The Balaban J connectivity index is 0.000000316. The van der Waals surface area contributed by atoms with Gasteiger partial charge in [0.2, 0.25) is 31.2 Å². The fraction of sp³-hybridized carbons (Fsp3) is 0.400. The molecule has 10 nitrogen and oxygen atoms in total. The summed E-state index contributed by atoms with van der Waals surface area (Å²) in [5.74, 6) is -0.419.